The monoisotopic (exact) mass is 359 g/mol. The van der Waals surface area contributed by atoms with Crippen LogP contribution in [0.3, 0.4) is 0 Å². The van der Waals surface area contributed by atoms with E-state index in [-0.39, 0.29) is 16.2 Å². The van der Waals surface area contributed by atoms with Crippen LogP contribution < -0.4 is 15.4 Å². The second kappa shape index (κ2) is 9.09. The zero-order valence-electron chi connectivity index (χ0n) is 14.0. The average Bonchev–Trinajstić information content (AvgIpc) is 2.55. The van der Waals surface area contributed by atoms with Crippen molar-refractivity contribution in [3.05, 3.63) is 24.5 Å². The molecule has 0 aliphatic heterocycles. The lowest BCUT2D eigenvalue weighted by atomic mass is 10.2. The molecule has 0 spiro atoms. The first kappa shape index (κ1) is 19.7. The van der Waals surface area contributed by atoms with Crippen molar-refractivity contribution in [3.63, 3.8) is 0 Å². The van der Waals surface area contributed by atoms with E-state index in [1.807, 2.05) is 0 Å². The number of nitrogens with zero attached hydrogens (tertiary/aromatic N) is 2. The normalized spacial score (nSPS) is 13.0. The minimum atomic E-state index is -3.52. The zero-order valence-corrected chi connectivity index (χ0v) is 15.6. The Labute approximate surface area is 142 Å². The number of guanidine groups is 1. The largest absolute Gasteiger partial charge is 0.355 e. The Balaban J connectivity index is 2.38. The van der Waals surface area contributed by atoms with E-state index in [1.54, 1.807) is 24.9 Å². The van der Waals surface area contributed by atoms with Crippen LogP contribution in [-0.4, -0.2) is 57.0 Å². The highest BCUT2D eigenvalue weighted by atomic mass is 32.2. The highest BCUT2D eigenvalue weighted by molar-refractivity contribution is 7.99. The number of rotatable bonds is 8. The van der Waals surface area contributed by atoms with Gasteiger partial charge in [0.15, 0.2) is 5.96 Å². The van der Waals surface area contributed by atoms with E-state index >= 15 is 0 Å². The molecule has 0 aliphatic rings. The standard InChI is InChI=1S/C14H25N5O2S2/c1-14(2,22-4)11-18-13(15-3)17-8-9-19-23(20,21)12-6-5-7-16-10-12/h5-7,10,19H,8-9,11H2,1-4H3,(H2,15,17,18). The fourth-order valence-electron chi connectivity index (χ4n) is 1.55. The van der Waals surface area contributed by atoms with Gasteiger partial charge < -0.3 is 10.6 Å². The van der Waals surface area contributed by atoms with Crippen LogP contribution in [0.15, 0.2) is 34.4 Å². The number of hydrogen-bond donors (Lipinski definition) is 3. The lowest BCUT2D eigenvalue weighted by molar-refractivity contribution is 0.580. The zero-order chi connectivity index (χ0) is 17.3. The minimum Gasteiger partial charge on any atom is -0.355 e. The maximum atomic E-state index is 12.0. The van der Waals surface area contributed by atoms with E-state index in [4.69, 9.17) is 0 Å². The summed E-state index contributed by atoms with van der Waals surface area (Å²) >= 11 is 1.77. The SMILES string of the molecule is CN=C(NCCNS(=O)(=O)c1cccnc1)NCC(C)(C)SC. The third-order valence-electron chi connectivity index (χ3n) is 3.11. The van der Waals surface area contributed by atoms with Gasteiger partial charge in [-0.2, -0.15) is 11.8 Å². The summed E-state index contributed by atoms with van der Waals surface area (Å²) in [6, 6.07) is 3.10. The Bertz CT molecular complexity index is 603. The van der Waals surface area contributed by atoms with Gasteiger partial charge in [-0.15, -0.1) is 0 Å². The minimum absolute atomic E-state index is 0.0967. The molecule has 1 rings (SSSR count). The van der Waals surface area contributed by atoms with E-state index in [1.165, 1.54) is 18.5 Å². The fraction of sp³-hybridized carbons (Fsp3) is 0.571. The Kier molecular flexibility index (Phi) is 7.80. The topological polar surface area (TPSA) is 95.5 Å². The Morgan fingerprint density at radius 2 is 2.09 bits per heavy atom. The maximum Gasteiger partial charge on any atom is 0.242 e. The molecule has 0 amide bonds. The van der Waals surface area contributed by atoms with Gasteiger partial charge in [0.1, 0.15) is 4.90 Å². The molecule has 1 aromatic heterocycles. The quantitative estimate of drug-likeness (QED) is 0.359. The predicted octanol–water partition coefficient (Wildman–Crippen LogP) is 0.667. The lowest BCUT2D eigenvalue weighted by Crippen LogP contribution is -2.45. The third-order valence-corrected chi connectivity index (χ3v) is 5.81. The van der Waals surface area contributed by atoms with E-state index in [9.17, 15) is 8.42 Å². The Hall–Kier alpha value is -1.32. The van der Waals surface area contributed by atoms with Gasteiger partial charge in [0, 0.05) is 43.8 Å². The summed E-state index contributed by atoms with van der Waals surface area (Å²) < 4.78 is 26.6. The number of pyridine rings is 1. The van der Waals surface area contributed by atoms with Crippen LogP contribution in [0.25, 0.3) is 0 Å². The van der Waals surface area contributed by atoms with Crippen LogP contribution in [0.4, 0.5) is 0 Å². The van der Waals surface area contributed by atoms with Crippen LogP contribution in [0.5, 0.6) is 0 Å². The van der Waals surface area contributed by atoms with E-state index in [0.717, 1.165) is 6.54 Å². The van der Waals surface area contributed by atoms with Crippen LogP contribution in [0.1, 0.15) is 13.8 Å². The molecule has 23 heavy (non-hydrogen) atoms. The molecular formula is C14H25N5O2S2. The van der Waals surface area contributed by atoms with E-state index < -0.39 is 10.0 Å². The molecule has 0 atom stereocenters. The second-order valence-electron chi connectivity index (χ2n) is 5.40. The average molecular weight is 360 g/mol. The fourth-order valence-corrected chi connectivity index (χ4v) is 2.76. The van der Waals surface area contributed by atoms with Crippen molar-refractivity contribution in [1.29, 1.82) is 0 Å². The maximum absolute atomic E-state index is 12.0. The molecule has 0 unspecified atom stereocenters. The number of sulfonamides is 1. The van der Waals surface area contributed by atoms with Crippen LogP contribution in [0.2, 0.25) is 0 Å². The summed E-state index contributed by atoms with van der Waals surface area (Å²) in [4.78, 5) is 8.08. The van der Waals surface area contributed by atoms with E-state index in [2.05, 4.69) is 45.4 Å². The number of nitrogens with one attached hydrogen (secondary N) is 3. The first-order valence-electron chi connectivity index (χ1n) is 7.20. The Morgan fingerprint density at radius 1 is 1.35 bits per heavy atom. The molecule has 7 nitrogen and oxygen atoms in total. The van der Waals surface area contributed by atoms with Gasteiger partial charge in [0.25, 0.3) is 0 Å². The molecule has 1 heterocycles. The summed E-state index contributed by atoms with van der Waals surface area (Å²) in [5.74, 6) is 0.646. The molecular weight excluding hydrogens is 334 g/mol. The number of thioether (sulfide) groups is 1. The molecule has 3 N–H and O–H groups in total. The summed E-state index contributed by atoms with van der Waals surface area (Å²) in [5.41, 5.74) is 0. The summed E-state index contributed by atoms with van der Waals surface area (Å²) in [5, 5.41) is 6.30. The summed E-state index contributed by atoms with van der Waals surface area (Å²) in [6.07, 6.45) is 4.91. The molecule has 0 aromatic carbocycles. The molecule has 130 valence electrons. The Morgan fingerprint density at radius 3 is 2.65 bits per heavy atom. The molecule has 1 aromatic rings. The van der Waals surface area contributed by atoms with Gasteiger partial charge in [-0.3, -0.25) is 9.98 Å². The highest BCUT2D eigenvalue weighted by Gasteiger charge is 2.16. The van der Waals surface area contributed by atoms with Gasteiger partial charge in [0.05, 0.1) is 0 Å². The van der Waals surface area contributed by atoms with Crippen molar-refractivity contribution >= 4 is 27.7 Å². The lowest BCUT2D eigenvalue weighted by Gasteiger charge is -2.23. The number of hydrogen-bond acceptors (Lipinski definition) is 5. The predicted molar refractivity (Wildman–Crippen MR) is 96.4 cm³/mol. The molecule has 0 fully saturated rings. The van der Waals surface area contributed by atoms with E-state index in [0.29, 0.717) is 12.5 Å². The summed E-state index contributed by atoms with van der Waals surface area (Å²) in [7, 11) is -1.84. The van der Waals surface area contributed by atoms with Gasteiger partial charge in [-0.1, -0.05) is 0 Å². The van der Waals surface area contributed by atoms with Gasteiger partial charge in [0.2, 0.25) is 10.0 Å². The number of aromatic nitrogens is 1. The first-order valence-corrected chi connectivity index (χ1v) is 9.91. The van der Waals surface area contributed by atoms with Crippen molar-refractivity contribution in [1.82, 2.24) is 20.3 Å². The first-order chi connectivity index (χ1) is 10.8. The second-order valence-corrected chi connectivity index (χ2v) is 8.68. The molecule has 0 radical (unpaired) electrons. The molecule has 9 heteroatoms. The van der Waals surface area contributed by atoms with Gasteiger partial charge >= 0.3 is 0 Å². The molecule has 0 aliphatic carbocycles. The highest BCUT2D eigenvalue weighted by Crippen LogP contribution is 2.19. The van der Waals surface area contributed by atoms with Crippen molar-refractivity contribution in [2.45, 2.75) is 23.5 Å². The van der Waals surface area contributed by atoms with Crippen molar-refractivity contribution in [2.75, 3.05) is 32.9 Å². The summed E-state index contributed by atoms with van der Waals surface area (Å²) in [6.45, 7) is 5.72. The molecule has 0 saturated carbocycles. The van der Waals surface area contributed by atoms with Gasteiger partial charge in [-0.05, 0) is 32.2 Å². The molecule has 0 saturated heterocycles. The number of aliphatic imine (C=N–C) groups is 1. The van der Waals surface area contributed by atoms with Crippen LogP contribution in [0, 0.1) is 0 Å². The van der Waals surface area contributed by atoms with Crippen molar-refractivity contribution in [2.24, 2.45) is 4.99 Å². The van der Waals surface area contributed by atoms with Crippen molar-refractivity contribution in [3.8, 4) is 0 Å². The smallest absolute Gasteiger partial charge is 0.242 e. The van der Waals surface area contributed by atoms with Crippen molar-refractivity contribution < 1.29 is 8.42 Å². The third kappa shape index (κ3) is 7.19. The van der Waals surface area contributed by atoms with Gasteiger partial charge in [-0.25, -0.2) is 13.1 Å². The molecule has 0 bridgehead atoms. The van der Waals surface area contributed by atoms with Crippen LogP contribution >= 0.6 is 11.8 Å². The van der Waals surface area contributed by atoms with Crippen LogP contribution in [-0.2, 0) is 10.0 Å².